The molecule has 3 rings (SSSR count). The normalized spacial score (nSPS) is 20.0. The van der Waals surface area contributed by atoms with Crippen molar-refractivity contribution in [2.24, 2.45) is 0 Å². The maximum absolute atomic E-state index is 12.8. The van der Waals surface area contributed by atoms with Crippen LogP contribution in [-0.4, -0.2) is 38.4 Å². The largest absolute Gasteiger partial charge is 0.469 e. The standard InChI is InChI=1S/C18H24N2O3/c1-12-4-5-13(2)14(10-12)15-16(23-11-22-3)18(20-17(15)21)6-8-19-9-7-18/h4-5,10,19H,6-9,11H2,1-3H3,(H,20,21). The second kappa shape index (κ2) is 6.34. The fourth-order valence-electron chi connectivity index (χ4n) is 3.46. The second-order valence-electron chi connectivity index (χ2n) is 6.36. The van der Waals surface area contributed by atoms with Crippen LogP contribution in [-0.2, 0) is 14.3 Å². The number of aryl methyl sites for hydroxylation is 2. The Labute approximate surface area is 137 Å². The summed E-state index contributed by atoms with van der Waals surface area (Å²) in [6.07, 6.45) is 1.65. The van der Waals surface area contributed by atoms with Crippen molar-refractivity contribution in [1.82, 2.24) is 10.6 Å². The Morgan fingerprint density at radius 1 is 1.22 bits per heavy atom. The summed E-state index contributed by atoms with van der Waals surface area (Å²) < 4.78 is 11.0. The van der Waals surface area contributed by atoms with Gasteiger partial charge in [0.05, 0.1) is 5.57 Å². The van der Waals surface area contributed by atoms with E-state index in [2.05, 4.69) is 22.8 Å². The molecular formula is C18H24N2O3. The monoisotopic (exact) mass is 316 g/mol. The van der Waals surface area contributed by atoms with E-state index < -0.39 is 5.54 Å². The molecule has 0 aromatic heterocycles. The van der Waals surface area contributed by atoms with E-state index in [1.807, 2.05) is 19.9 Å². The quantitative estimate of drug-likeness (QED) is 0.833. The van der Waals surface area contributed by atoms with E-state index in [0.29, 0.717) is 5.57 Å². The first-order chi connectivity index (χ1) is 11.1. The molecule has 2 N–H and O–H groups in total. The molecule has 2 heterocycles. The van der Waals surface area contributed by atoms with Crippen LogP contribution in [0.4, 0.5) is 0 Å². The highest BCUT2D eigenvalue weighted by molar-refractivity contribution is 6.23. The Morgan fingerprint density at radius 2 is 1.96 bits per heavy atom. The van der Waals surface area contributed by atoms with E-state index >= 15 is 0 Å². The third-order valence-electron chi connectivity index (χ3n) is 4.68. The molecule has 2 aliphatic rings. The number of carbonyl (C=O) groups is 1. The van der Waals surface area contributed by atoms with Gasteiger partial charge in [0.25, 0.3) is 5.91 Å². The predicted molar refractivity (Wildman–Crippen MR) is 88.8 cm³/mol. The van der Waals surface area contributed by atoms with Gasteiger partial charge in [-0.05, 0) is 50.9 Å². The average Bonchev–Trinajstić information content (AvgIpc) is 2.79. The zero-order valence-electron chi connectivity index (χ0n) is 14.0. The van der Waals surface area contributed by atoms with Crippen molar-refractivity contribution in [3.8, 4) is 0 Å². The van der Waals surface area contributed by atoms with E-state index in [1.165, 1.54) is 0 Å². The van der Waals surface area contributed by atoms with Crippen LogP contribution in [0.15, 0.2) is 24.0 Å². The van der Waals surface area contributed by atoms with Crippen molar-refractivity contribution >= 4 is 11.5 Å². The lowest BCUT2D eigenvalue weighted by molar-refractivity contribution is -0.116. The van der Waals surface area contributed by atoms with E-state index in [0.717, 1.165) is 48.4 Å². The van der Waals surface area contributed by atoms with Crippen LogP contribution < -0.4 is 10.6 Å². The lowest BCUT2D eigenvalue weighted by Gasteiger charge is -2.35. The average molecular weight is 316 g/mol. The van der Waals surface area contributed by atoms with E-state index in [4.69, 9.17) is 9.47 Å². The number of hydrogen-bond donors (Lipinski definition) is 2. The molecule has 0 bridgehead atoms. The first-order valence-electron chi connectivity index (χ1n) is 8.05. The van der Waals surface area contributed by atoms with Crippen LogP contribution in [0.1, 0.15) is 29.5 Å². The van der Waals surface area contributed by atoms with E-state index in [-0.39, 0.29) is 12.7 Å². The Bertz CT molecular complexity index is 646. The minimum atomic E-state index is -0.410. The van der Waals surface area contributed by atoms with Crippen LogP contribution in [0.3, 0.4) is 0 Å². The third kappa shape index (κ3) is 2.86. The minimum Gasteiger partial charge on any atom is -0.469 e. The topological polar surface area (TPSA) is 59.6 Å². The molecule has 1 spiro atoms. The van der Waals surface area contributed by atoms with Gasteiger partial charge in [0.1, 0.15) is 11.3 Å². The van der Waals surface area contributed by atoms with Gasteiger partial charge in [-0.25, -0.2) is 0 Å². The molecule has 0 saturated carbocycles. The molecule has 1 aromatic carbocycles. The van der Waals surface area contributed by atoms with Gasteiger partial charge < -0.3 is 20.1 Å². The molecule has 1 aromatic rings. The van der Waals surface area contributed by atoms with Crippen LogP contribution >= 0.6 is 0 Å². The van der Waals surface area contributed by atoms with Crippen LogP contribution in [0.5, 0.6) is 0 Å². The van der Waals surface area contributed by atoms with Gasteiger partial charge in [-0.15, -0.1) is 0 Å². The van der Waals surface area contributed by atoms with Gasteiger partial charge in [0, 0.05) is 7.11 Å². The molecule has 23 heavy (non-hydrogen) atoms. The highest BCUT2D eigenvalue weighted by atomic mass is 16.7. The summed E-state index contributed by atoms with van der Waals surface area (Å²) in [4.78, 5) is 12.8. The number of hydrogen-bond acceptors (Lipinski definition) is 4. The highest BCUT2D eigenvalue weighted by Crippen LogP contribution is 2.40. The fourth-order valence-corrected chi connectivity index (χ4v) is 3.46. The number of benzene rings is 1. The second-order valence-corrected chi connectivity index (χ2v) is 6.36. The fraction of sp³-hybridized carbons (Fsp3) is 0.500. The zero-order chi connectivity index (χ0) is 16.4. The highest BCUT2D eigenvalue weighted by Gasteiger charge is 2.48. The van der Waals surface area contributed by atoms with Gasteiger partial charge in [0.2, 0.25) is 0 Å². The van der Waals surface area contributed by atoms with Crippen molar-refractivity contribution in [1.29, 1.82) is 0 Å². The molecule has 5 nitrogen and oxygen atoms in total. The third-order valence-corrected chi connectivity index (χ3v) is 4.68. The SMILES string of the molecule is COCOC1=C(c2cc(C)ccc2C)C(=O)NC12CCNCC2. The summed E-state index contributed by atoms with van der Waals surface area (Å²) in [5.74, 6) is 0.686. The van der Waals surface area contributed by atoms with Crippen molar-refractivity contribution in [2.45, 2.75) is 32.2 Å². The van der Waals surface area contributed by atoms with Crippen LogP contribution in [0.2, 0.25) is 0 Å². The lowest BCUT2D eigenvalue weighted by Crippen LogP contribution is -2.52. The number of nitrogens with one attached hydrogen (secondary N) is 2. The molecule has 124 valence electrons. The molecule has 1 saturated heterocycles. The van der Waals surface area contributed by atoms with Crippen molar-refractivity contribution in [3.05, 3.63) is 40.6 Å². The Hall–Kier alpha value is -1.85. The first-order valence-corrected chi connectivity index (χ1v) is 8.05. The summed E-state index contributed by atoms with van der Waals surface area (Å²) in [6, 6.07) is 6.16. The van der Waals surface area contributed by atoms with Crippen molar-refractivity contribution in [3.63, 3.8) is 0 Å². The van der Waals surface area contributed by atoms with Gasteiger partial charge in [-0.2, -0.15) is 0 Å². The number of ether oxygens (including phenoxy) is 2. The van der Waals surface area contributed by atoms with E-state index in [9.17, 15) is 4.79 Å². The molecule has 0 aliphatic carbocycles. The summed E-state index contributed by atoms with van der Waals surface area (Å²) in [5.41, 5.74) is 3.40. The number of carbonyl (C=O) groups excluding carboxylic acids is 1. The Morgan fingerprint density at radius 3 is 2.65 bits per heavy atom. The summed E-state index contributed by atoms with van der Waals surface area (Å²) in [6.45, 7) is 5.93. The molecular weight excluding hydrogens is 292 g/mol. The molecule has 1 amide bonds. The van der Waals surface area contributed by atoms with Crippen molar-refractivity contribution in [2.75, 3.05) is 27.0 Å². The Kier molecular flexibility index (Phi) is 4.41. The smallest absolute Gasteiger partial charge is 0.256 e. The molecule has 1 fully saturated rings. The first kappa shape index (κ1) is 16.0. The Balaban J connectivity index is 2.12. The minimum absolute atomic E-state index is 0.0493. The molecule has 5 heteroatoms. The molecule has 0 atom stereocenters. The van der Waals surface area contributed by atoms with Gasteiger partial charge in [-0.3, -0.25) is 4.79 Å². The molecule has 0 unspecified atom stereocenters. The summed E-state index contributed by atoms with van der Waals surface area (Å²) in [7, 11) is 1.59. The predicted octanol–water partition coefficient (Wildman–Crippen LogP) is 1.89. The lowest BCUT2D eigenvalue weighted by atomic mass is 9.86. The zero-order valence-corrected chi connectivity index (χ0v) is 14.0. The van der Waals surface area contributed by atoms with Gasteiger partial charge in [0.15, 0.2) is 6.79 Å². The van der Waals surface area contributed by atoms with Gasteiger partial charge >= 0.3 is 0 Å². The van der Waals surface area contributed by atoms with Crippen LogP contribution in [0, 0.1) is 13.8 Å². The maximum atomic E-state index is 12.8. The van der Waals surface area contributed by atoms with Crippen LogP contribution in [0.25, 0.3) is 5.57 Å². The van der Waals surface area contributed by atoms with Crippen molar-refractivity contribution < 1.29 is 14.3 Å². The van der Waals surface area contributed by atoms with Gasteiger partial charge in [-0.1, -0.05) is 23.8 Å². The number of amides is 1. The maximum Gasteiger partial charge on any atom is 0.256 e. The summed E-state index contributed by atoms with van der Waals surface area (Å²) >= 11 is 0. The number of piperidine rings is 1. The molecule has 2 aliphatic heterocycles. The number of rotatable bonds is 4. The molecule has 0 radical (unpaired) electrons. The summed E-state index contributed by atoms with van der Waals surface area (Å²) in [5, 5.41) is 6.53. The number of methoxy groups -OCH3 is 1. The van der Waals surface area contributed by atoms with E-state index in [1.54, 1.807) is 7.11 Å².